The van der Waals surface area contributed by atoms with Crippen molar-refractivity contribution in [2.24, 2.45) is 0 Å². The first kappa shape index (κ1) is 14.6. The molecule has 0 amide bonds. The fourth-order valence-electron chi connectivity index (χ4n) is 2.21. The third kappa shape index (κ3) is 3.39. The van der Waals surface area contributed by atoms with E-state index in [9.17, 15) is 10.1 Å². The number of rotatable bonds is 5. The quantitative estimate of drug-likeness (QED) is 0.663. The first-order chi connectivity index (χ1) is 9.39. The highest BCUT2D eigenvalue weighted by Gasteiger charge is 2.30. The van der Waals surface area contributed by atoms with E-state index in [-0.39, 0.29) is 23.1 Å². The van der Waals surface area contributed by atoms with Crippen LogP contribution in [-0.2, 0) is 4.74 Å². The standard InChI is InChI=1S/C14H20N2O4/c1-10(2)20-13-8-11(4-5-12(13)16(17)18)15-14(3)6-7-19-9-14/h4-5,8,10,15H,6-7,9H2,1-3H3. The van der Waals surface area contributed by atoms with Gasteiger partial charge in [-0.3, -0.25) is 10.1 Å². The lowest BCUT2D eigenvalue weighted by atomic mass is 10.0. The lowest BCUT2D eigenvalue weighted by molar-refractivity contribution is -0.386. The fraction of sp³-hybridized carbons (Fsp3) is 0.571. The zero-order valence-corrected chi connectivity index (χ0v) is 12.0. The van der Waals surface area contributed by atoms with E-state index >= 15 is 0 Å². The van der Waals surface area contributed by atoms with Gasteiger partial charge in [0.2, 0.25) is 0 Å². The third-order valence-electron chi connectivity index (χ3n) is 3.18. The topological polar surface area (TPSA) is 73.6 Å². The number of hydrogen-bond donors (Lipinski definition) is 1. The number of nitrogens with one attached hydrogen (secondary N) is 1. The molecule has 1 aliphatic heterocycles. The molecular formula is C14H20N2O4. The van der Waals surface area contributed by atoms with E-state index in [4.69, 9.17) is 9.47 Å². The number of hydrogen-bond acceptors (Lipinski definition) is 5. The van der Waals surface area contributed by atoms with Gasteiger partial charge in [-0.15, -0.1) is 0 Å². The molecule has 0 aromatic heterocycles. The van der Waals surface area contributed by atoms with E-state index in [2.05, 4.69) is 12.2 Å². The molecule has 1 aliphatic rings. The SMILES string of the molecule is CC(C)Oc1cc(NC2(C)CCOC2)ccc1[N+](=O)[O-]. The largest absolute Gasteiger partial charge is 0.484 e. The average Bonchev–Trinajstić information content (AvgIpc) is 2.74. The van der Waals surface area contributed by atoms with Gasteiger partial charge in [0.15, 0.2) is 5.75 Å². The molecule has 0 bridgehead atoms. The van der Waals surface area contributed by atoms with Gasteiger partial charge in [0.05, 0.1) is 23.2 Å². The van der Waals surface area contributed by atoms with Crippen molar-refractivity contribution >= 4 is 11.4 Å². The van der Waals surface area contributed by atoms with Gasteiger partial charge >= 0.3 is 5.69 Å². The Morgan fingerprint density at radius 3 is 2.80 bits per heavy atom. The monoisotopic (exact) mass is 280 g/mol. The van der Waals surface area contributed by atoms with Crippen LogP contribution >= 0.6 is 0 Å². The molecule has 20 heavy (non-hydrogen) atoms. The number of nitro groups is 1. The van der Waals surface area contributed by atoms with E-state index in [1.54, 1.807) is 12.1 Å². The summed E-state index contributed by atoms with van der Waals surface area (Å²) in [5.74, 6) is 0.289. The molecule has 0 aliphatic carbocycles. The van der Waals surface area contributed by atoms with Crippen molar-refractivity contribution in [2.75, 3.05) is 18.5 Å². The molecule has 1 saturated heterocycles. The van der Waals surface area contributed by atoms with E-state index in [1.165, 1.54) is 6.07 Å². The maximum Gasteiger partial charge on any atom is 0.311 e. The highest BCUT2D eigenvalue weighted by molar-refractivity contribution is 5.59. The van der Waals surface area contributed by atoms with Crippen molar-refractivity contribution in [3.63, 3.8) is 0 Å². The maximum atomic E-state index is 11.0. The number of nitrogens with zero attached hydrogens (tertiary/aromatic N) is 1. The highest BCUT2D eigenvalue weighted by atomic mass is 16.6. The van der Waals surface area contributed by atoms with Crippen LogP contribution in [0.2, 0.25) is 0 Å². The Morgan fingerprint density at radius 1 is 1.50 bits per heavy atom. The van der Waals surface area contributed by atoms with Gasteiger partial charge < -0.3 is 14.8 Å². The van der Waals surface area contributed by atoms with E-state index < -0.39 is 4.92 Å². The molecule has 110 valence electrons. The van der Waals surface area contributed by atoms with Crippen LogP contribution in [0.15, 0.2) is 18.2 Å². The van der Waals surface area contributed by atoms with E-state index in [1.807, 2.05) is 13.8 Å². The van der Waals surface area contributed by atoms with Crippen LogP contribution in [0.1, 0.15) is 27.2 Å². The molecule has 0 saturated carbocycles. The van der Waals surface area contributed by atoms with Crippen molar-refractivity contribution in [1.82, 2.24) is 0 Å². The Kier molecular flexibility index (Phi) is 4.13. The minimum Gasteiger partial charge on any atom is -0.484 e. The van der Waals surface area contributed by atoms with E-state index in [0.717, 1.165) is 18.7 Å². The zero-order chi connectivity index (χ0) is 14.8. The Balaban J connectivity index is 2.24. The van der Waals surface area contributed by atoms with Gasteiger partial charge in [0.1, 0.15) is 0 Å². The first-order valence-electron chi connectivity index (χ1n) is 6.71. The molecule has 0 radical (unpaired) electrons. The molecule has 1 fully saturated rings. The summed E-state index contributed by atoms with van der Waals surface area (Å²) in [6.07, 6.45) is 0.791. The lowest BCUT2D eigenvalue weighted by Crippen LogP contribution is -2.34. The normalized spacial score (nSPS) is 22.0. The van der Waals surface area contributed by atoms with Gasteiger partial charge in [-0.1, -0.05) is 0 Å². The second-order valence-corrected chi connectivity index (χ2v) is 5.59. The number of benzene rings is 1. The average molecular weight is 280 g/mol. The summed E-state index contributed by atoms with van der Waals surface area (Å²) >= 11 is 0. The minimum atomic E-state index is -0.429. The van der Waals surface area contributed by atoms with Gasteiger partial charge in [0, 0.05) is 24.4 Å². The predicted octanol–water partition coefficient (Wildman–Crippen LogP) is 2.97. The Bertz CT molecular complexity index is 496. The molecular weight excluding hydrogens is 260 g/mol. The van der Waals surface area contributed by atoms with Crippen LogP contribution in [0.5, 0.6) is 5.75 Å². The molecule has 1 aromatic carbocycles. The summed E-state index contributed by atoms with van der Waals surface area (Å²) in [5, 5.41) is 14.4. The van der Waals surface area contributed by atoms with Crippen molar-refractivity contribution in [2.45, 2.75) is 38.8 Å². The van der Waals surface area contributed by atoms with Gasteiger partial charge in [-0.25, -0.2) is 0 Å². The number of ether oxygens (including phenoxy) is 2. The van der Waals surface area contributed by atoms with Crippen LogP contribution in [0.3, 0.4) is 0 Å². The summed E-state index contributed by atoms with van der Waals surface area (Å²) in [6, 6.07) is 4.86. The van der Waals surface area contributed by atoms with Gasteiger partial charge in [0.25, 0.3) is 0 Å². The van der Waals surface area contributed by atoms with Crippen molar-refractivity contribution in [1.29, 1.82) is 0 Å². The van der Waals surface area contributed by atoms with E-state index in [0.29, 0.717) is 6.61 Å². The smallest absolute Gasteiger partial charge is 0.311 e. The van der Waals surface area contributed by atoms with Gasteiger partial charge in [-0.2, -0.15) is 0 Å². The lowest BCUT2D eigenvalue weighted by Gasteiger charge is -2.25. The molecule has 1 atom stereocenters. The third-order valence-corrected chi connectivity index (χ3v) is 3.18. The molecule has 1 N–H and O–H groups in total. The van der Waals surface area contributed by atoms with Crippen LogP contribution in [0.4, 0.5) is 11.4 Å². The van der Waals surface area contributed by atoms with Gasteiger partial charge in [-0.05, 0) is 33.3 Å². The van der Waals surface area contributed by atoms with Crippen molar-refractivity contribution < 1.29 is 14.4 Å². The Labute approximate surface area is 118 Å². The summed E-state index contributed by atoms with van der Waals surface area (Å²) in [7, 11) is 0. The van der Waals surface area contributed by atoms with Crippen LogP contribution in [0.25, 0.3) is 0 Å². The molecule has 1 heterocycles. The second kappa shape index (κ2) is 5.66. The van der Waals surface area contributed by atoms with Crippen LogP contribution in [-0.4, -0.2) is 29.8 Å². The second-order valence-electron chi connectivity index (χ2n) is 5.59. The Morgan fingerprint density at radius 2 is 2.25 bits per heavy atom. The number of anilines is 1. The highest BCUT2D eigenvalue weighted by Crippen LogP contribution is 2.33. The van der Waals surface area contributed by atoms with Crippen LogP contribution in [0, 0.1) is 10.1 Å². The Hall–Kier alpha value is -1.82. The molecule has 1 unspecified atom stereocenters. The number of nitro benzene ring substituents is 1. The first-order valence-corrected chi connectivity index (χ1v) is 6.71. The minimum absolute atomic E-state index is 0.0166. The fourth-order valence-corrected chi connectivity index (χ4v) is 2.21. The van der Waals surface area contributed by atoms with Crippen molar-refractivity contribution in [3.8, 4) is 5.75 Å². The molecule has 6 nitrogen and oxygen atoms in total. The zero-order valence-electron chi connectivity index (χ0n) is 12.0. The summed E-state index contributed by atoms with van der Waals surface area (Å²) < 4.78 is 10.9. The molecule has 6 heteroatoms. The summed E-state index contributed by atoms with van der Waals surface area (Å²) in [5.41, 5.74) is 0.655. The summed E-state index contributed by atoms with van der Waals surface area (Å²) in [4.78, 5) is 10.6. The predicted molar refractivity (Wildman–Crippen MR) is 76.3 cm³/mol. The van der Waals surface area contributed by atoms with Crippen LogP contribution < -0.4 is 10.1 Å². The molecule has 0 spiro atoms. The maximum absolute atomic E-state index is 11.0. The summed E-state index contributed by atoms with van der Waals surface area (Å²) in [6.45, 7) is 7.12. The molecule has 1 aromatic rings. The molecule has 2 rings (SSSR count). The van der Waals surface area contributed by atoms with Crippen molar-refractivity contribution in [3.05, 3.63) is 28.3 Å².